The van der Waals surface area contributed by atoms with E-state index in [4.69, 9.17) is 4.74 Å². The third kappa shape index (κ3) is 5.17. The molecule has 2 aliphatic rings. The first-order valence-electron chi connectivity index (χ1n) is 15.8. The lowest BCUT2D eigenvalue weighted by molar-refractivity contribution is -0.136. The molecule has 7 heteroatoms. The van der Waals surface area contributed by atoms with Crippen molar-refractivity contribution in [3.63, 3.8) is 0 Å². The number of hydrogen-bond donors (Lipinski definition) is 1. The predicted molar refractivity (Wildman–Crippen MR) is 183 cm³/mol. The van der Waals surface area contributed by atoms with Gasteiger partial charge in [0.05, 0.1) is 22.3 Å². The molecule has 2 atom stereocenters. The molecule has 5 aromatic rings. The molecular formula is C40H36FN3O3. The van der Waals surface area contributed by atoms with Gasteiger partial charge in [-0.15, -0.1) is 0 Å². The Morgan fingerprint density at radius 1 is 0.830 bits per heavy atom. The second-order valence-electron chi connectivity index (χ2n) is 12.6. The van der Waals surface area contributed by atoms with Crippen molar-refractivity contribution in [2.24, 2.45) is 0 Å². The van der Waals surface area contributed by atoms with Gasteiger partial charge in [0.1, 0.15) is 17.6 Å². The number of hydrogen-bond acceptors (Lipinski definition) is 6. The fraction of sp³-hybridized carbons (Fsp3) is 0.200. The van der Waals surface area contributed by atoms with Crippen LogP contribution in [-0.4, -0.2) is 38.4 Å². The van der Waals surface area contributed by atoms with Crippen LogP contribution < -0.4 is 19.9 Å². The Bertz CT molecular complexity index is 1850. The maximum absolute atomic E-state index is 15.1. The predicted octanol–water partition coefficient (Wildman–Crippen LogP) is 7.13. The highest BCUT2D eigenvalue weighted by molar-refractivity contribution is 6.11. The fourth-order valence-corrected chi connectivity index (χ4v) is 6.94. The molecule has 236 valence electrons. The van der Waals surface area contributed by atoms with E-state index in [1.54, 1.807) is 31.1 Å². The van der Waals surface area contributed by atoms with Crippen LogP contribution in [0.2, 0.25) is 0 Å². The number of benzene rings is 5. The minimum Gasteiger partial charge on any atom is -0.423 e. The van der Waals surface area contributed by atoms with Gasteiger partial charge in [-0.1, -0.05) is 103 Å². The molecule has 1 spiro atoms. The summed E-state index contributed by atoms with van der Waals surface area (Å²) in [4.78, 5) is 30.5. The summed E-state index contributed by atoms with van der Waals surface area (Å²) < 4.78 is 21.3. The van der Waals surface area contributed by atoms with Crippen molar-refractivity contribution in [2.75, 3.05) is 30.4 Å². The molecule has 1 heterocycles. The van der Waals surface area contributed by atoms with Crippen LogP contribution >= 0.6 is 0 Å². The number of Topliss-reactive ketones (excluding diaryl/α,β-unsaturated/α-hetero) is 1. The van der Waals surface area contributed by atoms with Crippen LogP contribution in [0, 0.1) is 5.82 Å². The first kappa shape index (κ1) is 30.4. The molecule has 1 fully saturated rings. The molecule has 6 nitrogen and oxygen atoms in total. The summed E-state index contributed by atoms with van der Waals surface area (Å²) in [5, 5.41) is 3.68. The molecule has 0 saturated heterocycles. The van der Waals surface area contributed by atoms with Gasteiger partial charge in [0.15, 0.2) is 5.75 Å². The standard InChI is InChI=1S/C40H36FN3O3/c1-27(42-40(28-15-7-4-8-16-28,29-17-9-5-10-18-29)30-19-11-6-12-20-30)38(46)47-36-22-14-13-21-33(36)44-26-39(25-37(39)45)31-23-32(41)35(43(2)3)24-34(31)44/h4-24,27,42H,25-26H2,1-3H3/t27-,39+/m0/s1. The molecule has 7 rings (SSSR count). The smallest absolute Gasteiger partial charge is 0.328 e. The van der Waals surface area contributed by atoms with Gasteiger partial charge in [-0.3, -0.25) is 10.1 Å². The highest BCUT2D eigenvalue weighted by atomic mass is 19.1. The first-order valence-corrected chi connectivity index (χ1v) is 15.8. The molecule has 1 N–H and O–H groups in total. The van der Waals surface area contributed by atoms with Gasteiger partial charge in [-0.2, -0.15) is 0 Å². The summed E-state index contributed by atoms with van der Waals surface area (Å²) in [5.74, 6) is -0.380. The molecule has 1 aliphatic carbocycles. The van der Waals surface area contributed by atoms with Gasteiger partial charge in [0.2, 0.25) is 0 Å². The van der Waals surface area contributed by atoms with E-state index >= 15 is 4.39 Å². The minimum absolute atomic E-state index is 0.0876. The van der Waals surface area contributed by atoms with Crippen molar-refractivity contribution in [1.29, 1.82) is 0 Å². The zero-order valence-corrected chi connectivity index (χ0v) is 26.6. The second kappa shape index (κ2) is 11.8. The number of fused-ring (bicyclic) bond motifs is 2. The molecular weight excluding hydrogens is 589 g/mol. The van der Waals surface area contributed by atoms with Gasteiger partial charge in [0, 0.05) is 32.7 Å². The number of nitrogens with zero attached hydrogens (tertiary/aromatic N) is 2. The summed E-state index contributed by atoms with van der Waals surface area (Å²) in [7, 11) is 3.57. The van der Waals surface area contributed by atoms with Crippen molar-refractivity contribution in [1.82, 2.24) is 5.32 Å². The maximum Gasteiger partial charge on any atom is 0.328 e. The quantitative estimate of drug-likeness (QED) is 0.107. The molecule has 0 aromatic heterocycles. The number of nitrogens with one attached hydrogen (secondary N) is 1. The number of halogens is 1. The highest BCUT2D eigenvalue weighted by Crippen LogP contribution is 2.57. The molecule has 0 radical (unpaired) electrons. The zero-order valence-electron chi connectivity index (χ0n) is 26.6. The monoisotopic (exact) mass is 625 g/mol. The highest BCUT2D eigenvalue weighted by Gasteiger charge is 2.61. The number of anilines is 3. The van der Waals surface area contributed by atoms with E-state index in [-0.39, 0.29) is 11.6 Å². The average Bonchev–Trinajstić information content (AvgIpc) is 3.65. The van der Waals surface area contributed by atoms with E-state index in [0.717, 1.165) is 22.4 Å². The van der Waals surface area contributed by atoms with Crippen LogP contribution in [0.15, 0.2) is 127 Å². The Morgan fingerprint density at radius 3 is 1.85 bits per heavy atom. The third-order valence-corrected chi connectivity index (χ3v) is 9.43. The lowest BCUT2D eigenvalue weighted by Gasteiger charge is -2.39. The van der Waals surface area contributed by atoms with E-state index in [1.165, 1.54) is 6.07 Å². The van der Waals surface area contributed by atoms with Gasteiger partial charge in [-0.05, 0) is 53.4 Å². The van der Waals surface area contributed by atoms with Crippen LogP contribution in [0.3, 0.4) is 0 Å². The van der Waals surface area contributed by atoms with Gasteiger partial charge in [-0.25, -0.2) is 9.18 Å². The maximum atomic E-state index is 15.1. The number of para-hydroxylation sites is 2. The van der Waals surface area contributed by atoms with Gasteiger partial charge < -0.3 is 14.5 Å². The number of carbonyl (C=O) groups excluding carboxylic acids is 2. The summed E-state index contributed by atoms with van der Waals surface area (Å²) in [6.45, 7) is 2.17. The Labute approximate surface area is 274 Å². The van der Waals surface area contributed by atoms with Crippen LogP contribution in [0.1, 0.15) is 35.6 Å². The summed E-state index contributed by atoms with van der Waals surface area (Å²) in [6, 6.07) is 40.1. The molecule has 1 aliphatic heterocycles. The third-order valence-electron chi connectivity index (χ3n) is 9.43. The van der Waals surface area contributed by atoms with E-state index in [9.17, 15) is 9.59 Å². The zero-order chi connectivity index (χ0) is 32.8. The molecule has 0 unspecified atom stereocenters. The topological polar surface area (TPSA) is 61.9 Å². The van der Waals surface area contributed by atoms with Crippen LogP contribution in [0.4, 0.5) is 21.5 Å². The minimum atomic E-state index is -0.860. The van der Waals surface area contributed by atoms with Crippen molar-refractivity contribution in [3.05, 3.63) is 155 Å². The number of esters is 1. The Morgan fingerprint density at radius 2 is 1.34 bits per heavy atom. The van der Waals surface area contributed by atoms with E-state index in [0.29, 0.717) is 35.7 Å². The first-order chi connectivity index (χ1) is 22.7. The fourth-order valence-electron chi connectivity index (χ4n) is 6.94. The summed E-state index contributed by atoms with van der Waals surface area (Å²) in [5.41, 5.74) is 3.83. The Kier molecular flexibility index (Phi) is 7.65. The normalized spacial score (nSPS) is 17.4. The Balaban J connectivity index is 1.25. The molecule has 0 amide bonds. The van der Waals surface area contributed by atoms with E-state index in [2.05, 4.69) is 41.7 Å². The van der Waals surface area contributed by atoms with Crippen LogP contribution in [-0.2, 0) is 20.5 Å². The lowest BCUT2D eigenvalue weighted by Crippen LogP contribution is -2.52. The SMILES string of the molecule is C[C@H](NC(c1ccccc1)(c1ccccc1)c1ccccc1)C(=O)Oc1ccccc1N1C[C@]2(CC2=O)c2cc(F)c(N(C)C)cc21. The second-order valence-corrected chi connectivity index (χ2v) is 12.6. The summed E-state index contributed by atoms with van der Waals surface area (Å²) in [6.07, 6.45) is 0.362. The van der Waals surface area contributed by atoms with Crippen LogP contribution in [0.25, 0.3) is 0 Å². The van der Waals surface area contributed by atoms with Crippen LogP contribution in [0.5, 0.6) is 5.75 Å². The molecule has 1 saturated carbocycles. The van der Waals surface area contributed by atoms with Crippen molar-refractivity contribution in [3.8, 4) is 5.75 Å². The number of ether oxygens (including phenoxy) is 1. The van der Waals surface area contributed by atoms with Crippen molar-refractivity contribution < 1.29 is 18.7 Å². The van der Waals surface area contributed by atoms with Gasteiger partial charge >= 0.3 is 5.97 Å². The van der Waals surface area contributed by atoms with Gasteiger partial charge in [0.25, 0.3) is 0 Å². The lowest BCUT2D eigenvalue weighted by atomic mass is 9.76. The molecule has 47 heavy (non-hydrogen) atoms. The van der Waals surface area contributed by atoms with E-state index < -0.39 is 23.0 Å². The van der Waals surface area contributed by atoms with Crippen molar-refractivity contribution >= 4 is 28.8 Å². The number of rotatable bonds is 9. The number of ketones is 1. The summed E-state index contributed by atoms with van der Waals surface area (Å²) >= 11 is 0. The molecule has 0 bridgehead atoms. The largest absolute Gasteiger partial charge is 0.423 e. The van der Waals surface area contributed by atoms with E-state index in [1.807, 2.05) is 84.6 Å². The Hall–Kier alpha value is -5.27. The average molecular weight is 626 g/mol. The number of carbonyl (C=O) groups is 2. The van der Waals surface area contributed by atoms with Crippen molar-refractivity contribution in [2.45, 2.75) is 30.3 Å². The molecule has 5 aromatic carbocycles.